The molecule has 29 heavy (non-hydrogen) atoms. The van der Waals surface area contributed by atoms with Crippen LogP contribution in [0.4, 0.5) is 0 Å². The first-order valence-corrected chi connectivity index (χ1v) is 9.09. The molecule has 4 atom stereocenters. The smallest absolute Gasteiger partial charge is 0.326 e. The summed E-state index contributed by atoms with van der Waals surface area (Å²) in [6, 6.07) is -4.98. The van der Waals surface area contributed by atoms with Gasteiger partial charge in [-0.05, 0) is 13.3 Å². The quantitative estimate of drug-likeness (QED) is 0.132. The molecule has 0 bridgehead atoms. The Morgan fingerprint density at radius 2 is 1.45 bits per heavy atom. The van der Waals surface area contributed by atoms with E-state index in [0.29, 0.717) is 0 Å². The topological polar surface area (TPSA) is 237 Å². The van der Waals surface area contributed by atoms with E-state index in [1.807, 2.05) is 0 Å². The predicted molar refractivity (Wildman–Crippen MR) is 103 cm³/mol. The summed E-state index contributed by atoms with van der Waals surface area (Å²) in [4.78, 5) is 69.0. The van der Waals surface area contributed by atoms with E-state index in [2.05, 4.69) is 28.6 Å². The summed E-state index contributed by atoms with van der Waals surface area (Å²) in [7, 11) is 0. The Morgan fingerprint density at radius 1 is 0.897 bits per heavy atom. The Morgan fingerprint density at radius 3 is 1.90 bits per heavy atom. The maximum atomic E-state index is 12.2. The van der Waals surface area contributed by atoms with E-state index in [1.165, 1.54) is 6.92 Å². The van der Waals surface area contributed by atoms with Gasteiger partial charge in [0.15, 0.2) is 0 Å². The minimum Gasteiger partial charge on any atom is -0.480 e. The largest absolute Gasteiger partial charge is 0.480 e. The van der Waals surface area contributed by atoms with Crippen molar-refractivity contribution < 1.29 is 33.9 Å². The second kappa shape index (κ2) is 12.6. The van der Waals surface area contributed by atoms with E-state index >= 15 is 0 Å². The summed E-state index contributed by atoms with van der Waals surface area (Å²) >= 11 is 3.93. The summed E-state index contributed by atoms with van der Waals surface area (Å²) in [6.45, 7) is 1.33. The predicted octanol–water partition coefficient (Wildman–Crippen LogP) is -4.06. The summed E-state index contributed by atoms with van der Waals surface area (Å²) in [5, 5.41) is 15.7. The first-order valence-electron chi connectivity index (χ1n) is 8.46. The van der Waals surface area contributed by atoms with Crippen molar-refractivity contribution >= 4 is 48.1 Å². The first-order chi connectivity index (χ1) is 13.4. The molecular weight excluding hydrogens is 408 g/mol. The van der Waals surface area contributed by atoms with Crippen LogP contribution in [-0.2, 0) is 28.8 Å². The molecule has 164 valence electrons. The highest BCUT2D eigenvalue weighted by atomic mass is 32.1. The molecule has 0 aliphatic carbocycles. The van der Waals surface area contributed by atoms with Gasteiger partial charge in [0.05, 0.1) is 12.5 Å². The Hall–Kier alpha value is -2.87. The Kier molecular flexibility index (Phi) is 11.3. The molecule has 5 amide bonds. The minimum absolute atomic E-state index is 0.00633. The fourth-order valence-electron chi connectivity index (χ4n) is 1.98. The zero-order valence-corrected chi connectivity index (χ0v) is 16.6. The number of rotatable bonds is 13. The van der Waals surface area contributed by atoms with Crippen LogP contribution in [0, 0.1) is 0 Å². The molecule has 0 aromatic heterocycles. The third-order valence-electron chi connectivity index (χ3n) is 3.63. The van der Waals surface area contributed by atoms with E-state index in [0.717, 1.165) is 0 Å². The van der Waals surface area contributed by atoms with Crippen molar-refractivity contribution in [2.45, 2.75) is 50.4 Å². The van der Waals surface area contributed by atoms with Gasteiger partial charge < -0.3 is 38.3 Å². The number of primary amides is 2. The second-order valence-corrected chi connectivity index (χ2v) is 6.52. The highest BCUT2D eigenvalue weighted by Crippen LogP contribution is 1.98. The van der Waals surface area contributed by atoms with Crippen LogP contribution in [0.15, 0.2) is 0 Å². The van der Waals surface area contributed by atoms with Crippen LogP contribution < -0.4 is 33.2 Å². The number of carbonyl (C=O) groups is 6. The molecule has 13 nitrogen and oxygen atoms in total. The third kappa shape index (κ3) is 10.3. The van der Waals surface area contributed by atoms with Crippen molar-refractivity contribution in [2.75, 3.05) is 5.75 Å². The van der Waals surface area contributed by atoms with Gasteiger partial charge >= 0.3 is 5.97 Å². The van der Waals surface area contributed by atoms with Gasteiger partial charge in [0.2, 0.25) is 29.5 Å². The molecule has 10 N–H and O–H groups in total. The molecule has 0 aromatic rings. The van der Waals surface area contributed by atoms with Crippen LogP contribution in [0.3, 0.4) is 0 Å². The van der Waals surface area contributed by atoms with Gasteiger partial charge in [-0.25, -0.2) is 4.79 Å². The monoisotopic (exact) mass is 434 g/mol. The van der Waals surface area contributed by atoms with Crippen molar-refractivity contribution in [1.82, 2.24) is 16.0 Å². The van der Waals surface area contributed by atoms with Crippen molar-refractivity contribution in [3.05, 3.63) is 0 Å². The molecule has 0 spiro atoms. The van der Waals surface area contributed by atoms with Gasteiger partial charge in [0.1, 0.15) is 18.1 Å². The zero-order valence-electron chi connectivity index (χ0n) is 15.7. The molecule has 0 aliphatic heterocycles. The average Bonchev–Trinajstić information content (AvgIpc) is 2.62. The highest BCUT2D eigenvalue weighted by molar-refractivity contribution is 7.80. The number of amides is 5. The molecule has 0 aliphatic rings. The average molecular weight is 434 g/mol. The summed E-state index contributed by atoms with van der Waals surface area (Å²) in [5.74, 6) is -5.61. The lowest BCUT2D eigenvalue weighted by atomic mass is 10.1. The van der Waals surface area contributed by atoms with Crippen LogP contribution >= 0.6 is 12.6 Å². The number of thiol groups is 1. The van der Waals surface area contributed by atoms with E-state index in [9.17, 15) is 28.8 Å². The number of hydrogen-bond donors (Lipinski definition) is 8. The molecule has 0 saturated carbocycles. The Bertz CT molecular complexity index is 659. The summed E-state index contributed by atoms with van der Waals surface area (Å²) < 4.78 is 0. The molecule has 4 unspecified atom stereocenters. The first kappa shape index (κ1) is 26.1. The molecule has 0 radical (unpaired) electrons. The molecule has 0 fully saturated rings. The summed E-state index contributed by atoms with van der Waals surface area (Å²) in [5.41, 5.74) is 15.5. The maximum absolute atomic E-state index is 12.2. The van der Waals surface area contributed by atoms with Gasteiger partial charge in [0.25, 0.3) is 0 Å². The van der Waals surface area contributed by atoms with Gasteiger partial charge in [-0.15, -0.1) is 0 Å². The molecule has 0 heterocycles. The lowest BCUT2D eigenvalue weighted by Crippen LogP contribution is -2.57. The Balaban J connectivity index is 4.81. The van der Waals surface area contributed by atoms with Gasteiger partial charge in [0, 0.05) is 12.2 Å². The lowest BCUT2D eigenvalue weighted by molar-refractivity contribution is -0.143. The number of aliphatic carboxylic acids is 1. The molecular formula is C15H26N6O7S. The van der Waals surface area contributed by atoms with E-state index in [1.54, 1.807) is 0 Å². The maximum Gasteiger partial charge on any atom is 0.326 e. The standard InChI is InChI=1S/C15H26N6O7S/c1-6(19-13(25)7(16)2-3-10(17)22)12(24)21-9(5-29)14(26)20-8(15(27)28)4-11(18)23/h6-9,29H,2-5,16H2,1H3,(H2,17,22)(H2,18,23)(H,19,25)(H,20,26)(H,21,24)(H,27,28). The van der Waals surface area contributed by atoms with Crippen molar-refractivity contribution in [3.8, 4) is 0 Å². The molecule has 0 rings (SSSR count). The fourth-order valence-corrected chi connectivity index (χ4v) is 2.24. The Labute approximate surface area is 171 Å². The molecule has 0 saturated heterocycles. The SMILES string of the molecule is CC(NC(=O)C(N)CCC(N)=O)C(=O)NC(CS)C(=O)NC(CC(N)=O)C(=O)O. The van der Waals surface area contributed by atoms with Crippen molar-refractivity contribution in [1.29, 1.82) is 0 Å². The fraction of sp³-hybridized carbons (Fsp3) is 0.600. The number of nitrogens with two attached hydrogens (primary N) is 3. The molecule has 14 heteroatoms. The minimum atomic E-state index is -1.57. The van der Waals surface area contributed by atoms with Crippen LogP contribution in [-0.4, -0.2) is 70.5 Å². The van der Waals surface area contributed by atoms with Gasteiger partial charge in [-0.2, -0.15) is 12.6 Å². The van der Waals surface area contributed by atoms with Crippen molar-refractivity contribution in [3.63, 3.8) is 0 Å². The normalized spacial score (nSPS) is 14.6. The van der Waals surface area contributed by atoms with Crippen LogP contribution in [0.2, 0.25) is 0 Å². The van der Waals surface area contributed by atoms with E-state index in [-0.39, 0.29) is 18.6 Å². The van der Waals surface area contributed by atoms with E-state index < -0.39 is 66.1 Å². The number of nitrogens with one attached hydrogen (secondary N) is 3. The second-order valence-electron chi connectivity index (χ2n) is 6.16. The van der Waals surface area contributed by atoms with Gasteiger partial charge in [-0.3, -0.25) is 24.0 Å². The number of hydrogen-bond acceptors (Lipinski definition) is 8. The van der Waals surface area contributed by atoms with Crippen LogP contribution in [0.5, 0.6) is 0 Å². The third-order valence-corrected chi connectivity index (χ3v) is 3.99. The number of carboxylic acid groups (broad SMARTS) is 1. The highest BCUT2D eigenvalue weighted by Gasteiger charge is 2.28. The summed E-state index contributed by atoms with van der Waals surface area (Å²) in [6.07, 6.45) is -0.745. The van der Waals surface area contributed by atoms with Gasteiger partial charge in [-0.1, -0.05) is 0 Å². The van der Waals surface area contributed by atoms with E-state index in [4.69, 9.17) is 22.3 Å². The lowest BCUT2D eigenvalue weighted by Gasteiger charge is -2.22. The van der Waals surface area contributed by atoms with Crippen LogP contribution in [0.25, 0.3) is 0 Å². The number of carboxylic acids is 1. The number of carbonyl (C=O) groups excluding carboxylic acids is 5. The molecule has 0 aromatic carbocycles. The van der Waals surface area contributed by atoms with Crippen LogP contribution in [0.1, 0.15) is 26.2 Å². The van der Waals surface area contributed by atoms with Crippen molar-refractivity contribution in [2.24, 2.45) is 17.2 Å². The zero-order chi connectivity index (χ0) is 22.7.